The molecular weight excluding hydrogens is 356 g/mol. The predicted molar refractivity (Wildman–Crippen MR) is 112 cm³/mol. The van der Waals surface area contributed by atoms with Crippen molar-refractivity contribution in [2.45, 2.75) is 60.0 Å². The minimum Gasteiger partial charge on any atom is -0.348 e. The number of hydrogen-bond acceptors (Lipinski definition) is 3. The van der Waals surface area contributed by atoms with Gasteiger partial charge in [-0.05, 0) is 63.3 Å². The molecule has 2 N–H and O–H groups in total. The van der Waals surface area contributed by atoms with E-state index in [0.29, 0.717) is 17.9 Å². The van der Waals surface area contributed by atoms with Gasteiger partial charge in [0.2, 0.25) is 5.91 Å². The largest absolute Gasteiger partial charge is 0.348 e. The quantitative estimate of drug-likeness (QED) is 0.725. The third-order valence-corrected chi connectivity index (χ3v) is 5.60. The Hall–Kier alpha value is -2.14. The summed E-state index contributed by atoms with van der Waals surface area (Å²) >= 11 is 1.73. The molecule has 2 amide bonds. The minimum atomic E-state index is -0.556. The first-order chi connectivity index (χ1) is 12.7. The van der Waals surface area contributed by atoms with E-state index in [0.717, 1.165) is 11.1 Å². The lowest BCUT2D eigenvalue weighted by molar-refractivity contribution is -0.124. The van der Waals surface area contributed by atoms with Crippen molar-refractivity contribution in [3.63, 3.8) is 0 Å². The Labute approximate surface area is 166 Å². The average molecular weight is 387 g/mol. The maximum absolute atomic E-state index is 12.9. The summed E-state index contributed by atoms with van der Waals surface area (Å²) in [6, 6.07) is 8.90. The van der Waals surface area contributed by atoms with Crippen LogP contribution < -0.4 is 10.6 Å². The maximum atomic E-state index is 12.9. The van der Waals surface area contributed by atoms with Crippen molar-refractivity contribution in [1.82, 2.24) is 10.6 Å². The number of nitrogens with one attached hydrogen (secondary N) is 2. The number of rotatable bonds is 7. The number of thiophene rings is 1. The summed E-state index contributed by atoms with van der Waals surface area (Å²) in [4.78, 5) is 28.0. The summed E-state index contributed by atoms with van der Waals surface area (Å²) in [5.41, 5.74) is 2.65. The SMILES string of the molecule is Cc1cc([C@H](C)NC(=O)[C@H](CC(C)C)NC(=O)c2ccccc2C)c(C)s1. The molecule has 1 aromatic heterocycles. The lowest BCUT2D eigenvalue weighted by Crippen LogP contribution is -2.48. The summed E-state index contributed by atoms with van der Waals surface area (Å²) in [7, 11) is 0. The van der Waals surface area contributed by atoms with Crippen LogP contribution in [0.15, 0.2) is 30.3 Å². The lowest BCUT2D eigenvalue weighted by atomic mass is 10.0. The van der Waals surface area contributed by atoms with E-state index in [2.05, 4.69) is 44.4 Å². The third-order valence-electron chi connectivity index (χ3n) is 4.62. The summed E-state index contributed by atoms with van der Waals surface area (Å²) in [6.07, 6.45) is 0.595. The normalized spacial score (nSPS) is 13.3. The van der Waals surface area contributed by atoms with Gasteiger partial charge < -0.3 is 10.6 Å². The van der Waals surface area contributed by atoms with E-state index in [1.165, 1.54) is 9.75 Å². The fraction of sp³-hybridized carbons (Fsp3) is 0.455. The minimum absolute atomic E-state index is 0.0903. The molecule has 0 saturated carbocycles. The van der Waals surface area contributed by atoms with Gasteiger partial charge in [-0.25, -0.2) is 0 Å². The summed E-state index contributed by atoms with van der Waals surface area (Å²) in [5, 5.41) is 6.01. The van der Waals surface area contributed by atoms with Gasteiger partial charge in [0.1, 0.15) is 6.04 Å². The molecule has 2 aromatic rings. The van der Waals surface area contributed by atoms with Crippen LogP contribution in [0.25, 0.3) is 0 Å². The molecule has 0 bridgehead atoms. The molecule has 146 valence electrons. The molecular formula is C22H30N2O2S. The number of amides is 2. The Kier molecular flexibility index (Phi) is 7.19. The number of aryl methyl sites for hydroxylation is 3. The van der Waals surface area contributed by atoms with Crippen molar-refractivity contribution < 1.29 is 9.59 Å². The Morgan fingerprint density at radius 3 is 2.26 bits per heavy atom. The van der Waals surface area contributed by atoms with Gasteiger partial charge >= 0.3 is 0 Å². The van der Waals surface area contributed by atoms with Crippen LogP contribution in [0.3, 0.4) is 0 Å². The van der Waals surface area contributed by atoms with Crippen LogP contribution in [-0.2, 0) is 4.79 Å². The molecule has 4 nitrogen and oxygen atoms in total. The van der Waals surface area contributed by atoms with Crippen LogP contribution in [0.4, 0.5) is 0 Å². The Morgan fingerprint density at radius 2 is 1.70 bits per heavy atom. The monoisotopic (exact) mass is 386 g/mol. The maximum Gasteiger partial charge on any atom is 0.252 e. The van der Waals surface area contributed by atoms with Crippen LogP contribution >= 0.6 is 11.3 Å². The molecule has 0 aliphatic rings. The molecule has 0 radical (unpaired) electrons. The van der Waals surface area contributed by atoms with Gasteiger partial charge in [0.15, 0.2) is 0 Å². The number of carbonyl (C=O) groups is 2. The highest BCUT2D eigenvalue weighted by Gasteiger charge is 2.25. The van der Waals surface area contributed by atoms with Gasteiger partial charge in [0.25, 0.3) is 5.91 Å². The van der Waals surface area contributed by atoms with E-state index in [1.54, 1.807) is 17.4 Å². The molecule has 0 unspecified atom stereocenters. The van der Waals surface area contributed by atoms with Gasteiger partial charge in [0.05, 0.1) is 6.04 Å². The summed E-state index contributed by atoms with van der Waals surface area (Å²) in [6.45, 7) is 12.1. The average Bonchev–Trinajstić information content (AvgIpc) is 2.92. The molecule has 0 spiro atoms. The zero-order chi connectivity index (χ0) is 20.1. The molecule has 2 rings (SSSR count). The molecule has 0 aliphatic heterocycles. The second-order valence-corrected chi connectivity index (χ2v) is 9.03. The highest BCUT2D eigenvalue weighted by atomic mass is 32.1. The van der Waals surface area contributed by atoms with Gasteiger partial charge in [-0.15, -0.1) is 11.3 Å². The Bertz CT molecular complexity index is 810. The zero-order valence-corrected chi connectivity index (χ0v) is 17.9. The summed E-state index contributed by atoms with van der Waals surface area (Å²) < 4.78 is 0. The van der Waals surface area contributed by atoms with Gasteiger partial charge in [-0.1, -0.05) is 32.0 Å². The van der Waals surface area contributed by atoms with E-state index in [-0.39, 0.29) is 17.9 Å². The van der Waals surface area contributed by atoms with Crippen molar-refractivity contribution in [3.8, 4) is 0 Å². The molecule has 2 atom stereocenters. The number of hydrogen-bond donors (Lipinski definition) is 2. The first-order valence-electron chi connectivity index (χ1n) is 9.42. The van der Waals surface area contributed by atoms with Gasteiger partial charge in [0, 0.05) is 15.3 Å². The van der Waals surface area contributed by atoms with Crippen LogP contribution in [-0.4, -0.2) is 17.9 Å². The van der Waals surface area contributed by atoms with Crippen LogP contribution in [0.5, 0.6) is 0 Å². The second kappa shape index (κ2) is 9.18. The first-order valence-corrected chi connectivity index (χ1v) is 10.2. The van der Waals surface area contributed by atoms with Crippen LogP contribution in [0.2, 0.25) is 0 Å². The Morgan fingerprint density at radius 1 is 1.04 bits per heavy atom. The molecule has 27 heavy (non-hydrogen) atoms. The van der Waals surface area contributed by atoms with E-state index < -0.39 is 6.04 Å². The standard InChI is InChI=1S/C22H30N2O2S/c1-13(2)11-20(24-21(25)18-10-8-7-9-14(18)3)22(26)23-16(5)19-12-15(4)27-17(19)6/h7-10,12-13,16,20H,11H2,1-6H3,(H,23,26)(H,24,25)/t16-,20-/m0/s1. The predicted octanol–water partition coefficient (Wildman–Crippen LogP) is 4.70. The van der Waals surface area contributed by atoms with Crippen molar-refractivity contribution in [2.75, 3.05) is 0 Å². The van der Waals surface area contributed by atoms with E-state index in [9.17, 15) is 9.59 Å². The highest BCUT2D eigenvalue weighted by Crippen LogP contribution is 2.26. The van der Waals surface area contributed by atoms with Crippen molar-refractivity contribution in [2.24, 2.45) is 5.92 Å². The molecule has 1 heterocycles. The zero-order valence-electron chi connectivity index (χ0n) is 17.1. The summed E-state index contributed by atoms with van der Waals surface area (Å²) in [5.74, 6) is -0.0520. The molecule has 0 aliphatic carbocycles. The van der Waals surface area contributed by atoms with Crippen molar-refractivity contribution in [1.29, 1.82) is 0 Å². The van der Waals surface area contributed by atoms with E-state index in [1.807, 2.05) is 32.0 Å². The van der Waals surface area contributed by atoms with Crippen LogP contribution in [0, 0.1) is 26.7 Å². The van der Waals surface area contributed by atoms with Crippen molar-refractivity contribution in [3.05, 3.63) is 56.8 Å². The fourth-order valence-electron chi connectivity index (χ4n) is 3.24. The van der Waals surface area contributed by atoms with Gasteiger partial charge in [-0.3, -0.25) is 9.59 Å². The first kappa shape index (κ1) is 21.2. The third kappa shape index (κ3) is 5.67. The fourth-order valence-corrected chi connectivity index (χ4v) is 4.26. The topological polar surface area (TPSA) is 58.2 Å². The lowest BCUT2D eigenvalue weighted by Gasteiger charge is -2.23. The van der Waals surface area contributed by atoms with Gasteiger partial charge in [-0.2, -0.15) is 0 Å². The highest BCUT2D eigenvalue weighted by molar-refractivity contribution is 7.12. The Balaban J connectivity index is 2.12. The van der Waals surface area contributed by atoms with E-state index >= 15 is 0 Å². The van der Waals surface area contributed by atoms with Crippen molar-refractivity contribution >= 4 is 23.2 Å². The molecule has 0 saturated heterocycles. The second-order valence-electron chi connectivity index (χ2n) is 7.57. The molecule has 0 fully saturated rings. The number of benzene rings is 1. The smallest absolute Gasteiger partial charge is 0.252 e. The molecule has 1 aromatic carbocycles. The van der Waals surface area contributed by atoms with Crippen LogP contribution in [0.1, 0.15) is 64.5 Å². The molecule has 5 heteroatoms. The number of carbonyl (C=O) groups excluding carboxylic acids is 2. The van der Waals surface area contributed by atoms with E-state index in [4.69, 9.17) is 0 Å².